The lowest BCUT2D eigenvalue weighted by Gasteiger charge is -2.12. The van der Waals surface area contributed by atoms with Crippen LogP contribution >= 0.6 is 0 Å². The van der Waals surface area contributed by atoms with Gasteiger partial charge in [-0.25, -0.2) is 0 Å². The van der Waals surface area contributed by atoms with Gasteiger partial charge in [0.25, 0.3) is 0 Å². The molecule has 1 atom stereocenters. The van der Waals surface area contributed by atoms with Crippen LogP contribution in [0.5, 0.6) is 0 Å². The SMILES string of the molecule is NCCNCCNCCNCCNCC(O)c1ccccc1. The van der Waals surface area contributed by atoms with E-state index in [1.807, 2.05) is 30.3 Å². The van der Waals surface area contributed by atoms with E-state index in [9.17, 15) is 5.11 Å². The van der Waals surface area contributed by atoms with E-state index in [1.165, 1.54) is 0 Å². The van der Waals surface area contributed by atoms with Gasteiger partial charge in [-0.15, -0.1) is 0 Å². The maximum Gasteiger partial charge on any atom is 0.0914 e. The van der Waals surface area contributed by atoms with Crippen molar-refractivity contribution < 1.29 is 5.11 Å². The van der Waals surface area contributed by atoms with E-state index in [1.54, 1.807) is 0 Å². The van der Waals surface area contributed by atoms with Crippen molar-refractivity contribution in [2.45, 2.75) is 6.10 Å². The Balaban J connectivity index is 1.84. The van der Waals surface area contributed by atoms with Crippen molar-refractivity contribution in [3.63, 3.8) is 0 Å². The Morgan fingerprint density at radius 3 is 1.82 bits per heavy atom. The fourth-order valence-electron chi connectivity index (χ4n) is 2.04. The molecule has 22 heavy (non-hydrogen) atoms. The van der Waals surface area contributed by atoms with Crippen LogP contribution in [0.3, 0.4) is 0 Å². The number of nitrogens with one attached hydrogen (secondary N) is 4. The molecule has 0 bridgehead atoms. The highest BCUT2D eigenvalue weighted by atomic mass is 16.3. The summed E-state index contributed by atoms with van der Waals surface area (Å²) in [5, 5.41) is 23.2. The Morgan fingerprint density at radius 1 is 0.773 bits per heavy atom. The molecule has 1 aromatic rings. The lowest BCUT2D eigenvalue weighted by Crippen LogP contribution is -2.36. The lowest BCUT2D eigenvalue weighted by atomic mass is 10.1. The average molecular weight is 309 g/mol. The van der Waals surface area contributed by atoms with Crippen LogP contribution in [0.1, 0.15) is 11.7 Å². The summed E-state index contributed by atoms with van der Waals surface area (Å²) in [6.45, 7) is 7.71. The van der Waals surface area contributed by atoms with Gasteiger partial charge >= 0.3 is 0 Å². The molecule has 0 aromatic heterocycles. The third-order valence-corrected chi connectivity index (χ3v) is 3.28. The van der Waals surface area contributed by atoms with Gasteiger partial charge in [0.05, 0.1) is 6.10 Å². The van der Waals surface area contributed by atoms with E-state index in [-0.39, 0.29) is 0 Å². The first-order valence-corrected chi connectivity index (χ1v) is 8.10. The molecule has 0 aliphatic heterocycles. The standard InChI is InChI=1S/C16H31N5O/c17-6-7-18-8-9-19-10-11-20-12-13-21-14-16(22)15-4-2-1-3-5-15/h1-5,16,18-22H,6-14,17H2. The fourth-order valence-corrected chi connectivity index (χ4v) is 2.04. The molecule has 0 aliphatic rings. The van der Waals surface area contributed by atoms with Crippen LogP contribution in [0.2, 0.25) is 0 Å². The van der Waals surface area contributed by atoms with Crippen LogP contribution in [-0.4, -0.2) is 64.0 Å². The molecule has 0 amide bonds. The summed E-state index contributed by atoms with van der Waals surface area (Å²) in [5.74, 6) is 0. The average Bonchev–Trinajstić information content (AvgIpc) is 2.56. The minimum atomic E-state index is -0.441. The number of nitrogens with two attached hydrogens (primary N) is 1. The summed E-state index contributed by atoms with van der Waals surface area (Å²) in [6, 6.07) is 9.73. The van der Waals surface area contributed by atoms with Gasteiger partial charge in [-0.2, -0.15) is 0 Å². The van der Waals surface area contributed by atoms with Gasteiger partial charge < -0.3 is 32.1 Å². The fraction of sp³-hybridized carbons (Fsp3) is 0.625. The van der Waals surface area contributed by atoms with Crippen LogP contribution in [0, 0.1) is 0 Å². The van der Waals surface area contributed by atoms with E-state index in [0.29, 0.717) is 13.1 Å². The monoisotopic (exact) mass is 309 g/mol. The summed E-state index contributed by atoms with van der Waals surface area (Å²) in [6.07, 6.45) is -0.441. The number of hydrogen-bond donors (Lipinski definition) is 6. The molecule has 0 fully saturated rings. The summed E-state index contributed by atoms with van der Waals surface area (Å²) < 4.78 is 0. The molecule has 7 N–H and O–H groups in total. The largest absolute Gasteiger partial charge is 0.387 e. The highest BCUT2D eigenvalue weighted by molar-refractivity contribution is 5.17. The zero-order valence-electron chi connectivity index (χ0n) is 13.4. The van der Waals surface area contributed by atoms with E-state index >= 15 is 0 Å². The molecule has 1 aromatic carbocycles. The molecular formula is C16H31N5O. The second kappa shape index (κ2) is 13.6. The van der Waals surface area contributed by atoms with Crippen molar-refractivity contribution in [2.75, 3.05) is 58.9 Å². The normalized spacial score (nSPS) is 12.5. The van der Waals surface area contributed by atoms with Gasteiger partial charge in [-0.05, 0) is 5.56 Å². The minimum absolute atomic E-state index is 0.441. The van der Waals surface area contributed by atoms with Crippen LogP contribution in [-0.2, 0) is 0 Å². The zero-order chi connectivity index (χ0) is 15.9. The van der Waals surface area contributed by atoms with E-state index in [4.69, 9.17) is 5.73 Å². The quantitative estimate of drug-likeness (QED) is 0.248. The smallest absolute Gasteiger partial charge is 0.0914 e. The third-order valence-electron chi connectivity index (χ3n) is 3.28. The second-order valence-corrected chi connectivity index (χ2v) is 5.17. The molecule has 0 saturated carbocycles. The first kappa shape index (κ1) is 19.0. The molecule has 6 nitrogen and oxygen atoms in total. The first-order valence-electron chi connectivity index (χ1n) is 8.10. The molecule has 0 radical (unpaired) electrons. The predicted octanol–water partition coefficient (Wildman–Crippen LogP) is -0.963. The highest BCUT2D eigenvalue weighted by Crippen LogP contribution is 2.09. The van der Waals surface area contributed by atoms with Crippen molar-refractivity contribution in [3.05, 3.63) is 35.9 Å². The van der Waals surface area contributed by atoms with Gasteiger partial charge in [0.1, 0.15) is 0 Å². The topological polar surface area (TPSA) is 94.4 Å². The summed E-state index contributed by atoms with van der Waals surface area (Å²) in [5.41, 5.74) is 6.34. The molecule has 1 rings (SSSR count). The van der Waals surface area contributed by atoms with Crippen molar-refractivity contribution in [2.24, 2.45) is 5.73 Å². The number of hydrogen-bond acceptors (Lipinski definition) is 6. The van der Waals surface area contributed by atoms with Crippen LogP contribution in [0.15, 0.2) is 30.3 Å². The predicted molar refractivity (Wildman–Crippen MR) is 91.9 cm³/mol. The Hall–Kier alpha value is -1.02. The number of aliphatic hydroxyl groups is 1. The number of benzene rings is 1. The Bertz CT molecular complexity index is 350. The van der Waals surface area contributed by atoms with Crippen LogP contribution in [0.25, 0.3) is 0 Å². The van der Waals surface area contributed by atoms with Crippen molar-refractivity contribution in [1.82, 2.24) is 21.3 Å². The van der Waals surface area contributed by atoms with Crippen LogP contribution < -0.4 is 27.0 Å². The first-order chi connectivity index (χ1) is 10.8. The molecule has 0 aliphatic carbocycles. The van der Waals surface area contributed by atoms with E-state index < -0.39 is 6.10 Å². The third kappa shape index (κ3) is 9.83. The summed E-state index contributed by atoms with van der Waals surface area (Å²) in [4.78, 5) is 0. The van der Waals surface area contributed by atoms with Gasteiger partial charge in [0.2, 0.25) is 0 Å². The van der Waals surface area contributed by atoms with Gasteiger partial charge in [-0.1, -0.05) is 30.3 Å². The van der Waals surface area contributed by atoms with Crippen LogP contribution in [0.4, 0.5) is 0 Å². The molecule has 6 heteroatoms. The maximum atomic E-state index is 9.98. The Kier molecular flexibility index (Phi) is 11.8. The number of aliphatic hydroxyl groups excluding tert-OH is 1. The van der Waals surface area contributed by atoms with Crippen molar-refractivity contribution in [1.29, 1.82) is 0 Å². The van der Waals surface area contributed by atoms with Gasteiger partial charge in [-0.3, -0.25) is 0 Å². The maximum absolute atomic E-state index is 9.98. The molecule has 0 spiro atoms. The zero-order valence-corrected chi connectivity index (χ0v) is 13.4. The minimum Gasteiger partial charge on any atom is -0.387 e. The van der Waals surface area contributed by atoms with E-state index in [0.717, 1.165) is 51.4 Å². The molecule has 1 unspecified atom stereocenters. The summed E-state index contributed by atoms with van der Waals surface area (Å²) >= 11 is 0. The van der Waals surface area contributed by atoms with Crippen molar-refractivity contribution in [3.8, 4) is 0 Å². The Morgan fingerprint density at radius 2 is 1.27 bits per heavy atom. The Labute approximate surface area is 133 Å². The number of rotatable bonds is 14. The molecule has 0 saturated heterocycles. The molecule has 126 valence electrons. The van der Waals surface area contributed by atoms with Gasteiger partial charge in [0.15, 0.2) is 0 Å². The summed E-state index contributed by atoms with van der Waals surface area (Å²) in [7, 11) is 0. The van der Waals surface area contributed by atoms with Crippen molar-refractivity contribution >= 4 is 0 Å². The second-order valence-electron chi connectivity index (χ2n) is 5.17. The molecular weight excluding hydrogens is 278 g/mol. The molecule has 0 heterocycles. The lowest BCUT2D eigenvalue weighted by molar-refractivity contribution is 0.175. The van der Waals surface area contributed by atoms with Gasteiger partial charge in [0, 0.05) is 58.9 Å². The van der Waals surface area contributed by atoms with E-state index in [2.05, 4.69) is 21.3 Å². The highest BCUT2D eigenvalue weighted by Gasteiger charge is 2.04.